The average Bonchev–Trinajstić information content (AvgIpc) is 2.83. The lowest BCUT2D eigenvalue weighted by Crippen LogP contribution is -2.17. The minimum Gasteiger partial charge on any atom is -0.390 e. The van der Waals surface area contributed by atoms with Crippen LogP contribution in [0.3, 0.4) is 0 Å². The van der Waals surface area contributed by atoms with E-state index in [1.807, 2.05) is 0 Å². The van der Waals surface area contributed by atoms with E-state index in [-0.39, 0.29) is 12.2 Å². The van der Waals surface area contributed by atoms with Crippen molar-refractivity contribution in [1.29, 1.82) is 0 Å². The first kappa shape index (κ1) is 9.68. The summed E-state index contributed by atoms with van der Waals surface area (Å²) in [5, 5.41) is 9.43. The Morgan fingerprint density at radius 3 is 2.83 bits per heavy atom. The lowest BCUT2D eigenvalue weighted by Gasteiger charge is -2.05. The van der Waals surface area contributed by atoms with Gasteiger partial charge in [0.2, 0.25) is 0 Å². The first-order chi connectivity index (χ1) is 5.79. The molecule has 1 N–H and O–H groups in total. The van der Waals surface area contributed by atoms with Crippen LogP contribution in [0.5, 0.6) is 0 Å². The third-order valence-electron chi connectivity index (χ3n) is 2.18. The molecule has 1 heterocycles. The molecule has 0 unspecified atom stereocenters. The van der Waals surface area contributed by atoms with Gasteiger partial charge in [-0.3, -0.25) is 0 Å². The lowest BCUT2D eigenvalue weighted by molar-refractivity contribution is -0.108. The molecule has 1 aliphatic rings. The summed E-state index contributed by atoms with van der Waals surface area (Å²) in [6, 6.07) is 0. The van der Waals surface area contributed by atoms with Gasteiger partial charge in [0.05, 0.1) is 6.10 Å². The van der Waals surface area contributed by atoms with Gasteiger partial charge in [-0.2, -0.15) is 0 Å². The van der Waals surface area contributed by atoms with E-state index in [2.05, 4.69) is 6.92 Å². The number of hydrogen-bond acceptors (Lipinski definition) is 3. The van der Waals surface area contributed by atoms with Crippen molar-refractivity contribution in [2.75, 3.05) is 0 Å². The Balaban J connectivity index is 2.05. The molecule has 12 heavy (non-hydrogen) atoms. The number of ether oxygens (including phenoxy) is 1. The van der Waals surface area contributed by atoms with Crippen LogP contribution in [0.15, 0.2) is 0 Å². The Bertz CT molecular complexity index is 147. The van der Waals surface area contributed by atoms with Crippen molar-refractivity contribution in [2.45, 2.75) is 50.9 Å². The number of carbonyl (C=O) groups excluding carboxylic acids is 1. The Morgan fingerprint density at radius 1 is 1.58 bits per heavy atom. The molecule has 3 heteroatoms. The van der Waals surface area contributed by atoms with E-state index in [0.29, 0.717) is 0 Å². The summed E-state index contributed by atoms with van der Waals surface area (Å²) in [6.45, 7) is 2.12. The fourth-order valence-electron chi connectivity index (χ4n) is 1.32. The third-order valence-corrected chi connectivity index (χ3v) is 2.18. The number of hydrogen-bond donors (Lipinski definition) is 1. The van der Waals surface area contributed by atoms with Gasteiger partial charge in [-0.05, 0) is 6.42 Å². The van der Waals surface area contributed by atoms with E-state index in [1.165, 1.54) is 0 Å². The standard InChI is InChI=1S/C9H16O3/c1-2-3-4-5-7(11)9-8(6-10)12-9/h6-9,11H,2-5H2,1H3/t7-,8+,9-/m1/s1. The molecule has 0 bridgehead atoms. The zero-order valence-electron chi connectivity index (χ0n) is 7.40. The molecule has 3 atom stereocenters. The van der Waals surface area contributed by atoms with Crippen molar-refractivity contribution in [1.82, 2.24) is 0 Å². The summed E-state index contributed by atoms with van der Waals surface area (Å²) >= 11 is 0. The van der Waals surface area contributed by atoms with Crippen LogP contribution in [0.2, 0.25) is 0 Å². The van der Waals surface area contributed by atoms with E-state index in [1.54, 1.807) is 0 Å². The molecule has 70 valence electrons. The highest BCUT2D eigenvalue weighted by atomic mass is 16.6. The molecule has 0 spiro atoms. The normalized spacial score (nSPS) is 29.8. The van der Waals surface area contributed by atoms with Gasteiger partial charge in [0.15, 0.2) is 6.29 Å². The molecular weight excluding hydrogens is 156 g/mol. The summed E-state index contributed by atoms with van der Waals surface area (Å²) in [5.74, 6) is 0. The maximum atomic E-state index is 10.2. The van der Waals surface area contributed by atoms with Crippen molar-refractivity contribution in [2.24, 2.45) is 0 Å². The SMILES string of the molecule is CCCCC[C@@H](O)[C@H]1O[C@H]1C=O. The monoisotopic (exact) mass is 172 g/mol. The second kappa shape index (κ2) is 4.58. The Kier molecular flexibility index (Phi) is 3.69. The number of aldehydes is 1. The molecule has 1 rings (SSSR count). The zero-order chi connectivity index (χ0) is 8.97. The second-order valence-corrected chi connectivity index (χ2v) is 3.26. The Labute approximate surface area is 72.7 Å². The molecule has 0 aliphatic carbocycles. The number of aliphatic hydroxyl groups is 1. The highest BCUT2D eigenvalue weighted by Gasteiger charge is 2.43. The number of epoxide rings is 1. The van der Waals surface area contributed by atoms with Gasteiger partial charge in [0.1, 0.15) is 12.2 Å². The molecule has 3 nitrogen and oxygen atoms in total. The van der Waals surface area contributed by atoms with E-state index in [4.69, 9.17) is 4.74 Å². The molecule has 1 saturated heterocycles. The summed E-state index contributed by atoms with van der Waals surface area (Å²) < 4.78 is 4.94. The maximum absolute atomic E-state index is 10.2. The Hall–Kier alpha value is -0.410. The summed E-state index contributed by atoms with van der Waals surface area (Å²) in [4.78, 5) is 10.2. The third kappa shape index (κ3) is 2.57. The smallest absolute Gasteiger partial charge is 0.151 e. The van der Waals surface area contributed by atoms with Crippen LogP contribution in [0.1, 0.15) is 32.6 Å². The average molecular weight is 172 g/mol. The number of aliphatic hydroxyl groups excluding tert-OH is 1. The first-order valence-corrected chi connectivity index (χ1v) is 4.58. The number of carbonyl (C=O) groups is 1. The van der Waals surface area contributed by atoms with Crippen LogP contribution in [-0.2, 0) is 9.53 Å². The predicted octanol–water partition coefficient (Wildman–Crippen LogP) is 0.894. The van der Waals surface area contributed by atoms with Crippen molar-refractivity contribution in [3.05, 3.63) is 0 Å². The van der Waals surface area contributed by atoms with Crippen LogP contribution in [-0.4, -0.2) is 29.7 Å². The van der Waals surface area contributed by atoms with Gasteiger partial charge >= 0.3 is 0 Å². The van der Waals surface area contributed by atoms with Gasteiger partial charge in [0, 0.05) is 0 Å². The van der Waals surface area contributed by atoms with Crippen LogP contribution >= 0.6 is 0 Å². The number of unbranched alkanes of at least 4 members (excludes halogenated alkanes) is 2. The van der Waals surface area contributed by atoms with E-state index in [9.17, 15) is 9.90 Å². The molecule has 1 fully saturated rings. The van der Waals surface area contributed by atoms with Gasteiger partial charge < -0.3 is 14.6 Å². The predicted molar refractivity (Wildman–Crippen MR) is 44.9 cm³/mol. The van der Waals surface area contributed by atoms with Crippen molar-refractivity contribution in [3.63, 3.8) is 0 Å². The fraction of sp³-hybridized carbons (Fsp3) is 0.889. The molecule has 0 amide bonds. The fourth-order valence-corrected chi connectivity index (χ4v) is 1.32. The largest absolute Gasteiger partial charge is 0.390 e. The van der Waals surface area contributed by atoms with Crippen molar-refractivity contribution in [3.8, 4) is 0 Å². The zero-order valence-corrected chi connectivity index (χ0v) is 7.40. The molecular formula is C9H16O3. The molecule has 0 saturated carbocycles. The minimum atomic E-state index is -0.438. The van der Waals surface area contributed by atoms with E-state index >= 15 is 0 Å². The van der Waals surface area contributed by atoms with Gasteiger partial charge in [0.25, 0.3) is 0 Å². The van der Waals surface area contributed by atoms with Gasteiger partial charge in [-0.25, -0.2) is 0 Å². The second-order valence-electron chi connectivity index (χ2n) is 3.26. The minimum absolute atomic E-state index is 0.209. The van der Waals surface area contributed by atoms with Crippen molar-refractivity contribution < 1.29 is 14.6 Å². The lowest BCUT2D eigenvalue weighted by atomic mass is 10.1. The van der Waals surface area contributed by atoms with E-state index in [0.717, 1.165) is 32.0 Å². The number of rotatable bonds is 6. The first-order valence-electron chi connectivity index (χ1n) is 4.58. The summed E-state index contributed by atoms with van der Waals surface area (Å²) in [7, 11) is 0. The summed E-state index contributed by atoms with van der Waals surface area (Å²) in [5.41, 5.74) is 0. The maximum Gasteiger partial charge on any atom is 0.151 e. The topological polar surface area (TPSA) is 49.8 Å². The van der Waals surface area contributed by atoms with Crippen LogP contribution in [0.25, 0.3) is 0 Å². The molecule has 0 aromatic carbocycles. The van der Waals surface area contributed by atoms with Crippen LogP contribution in [0, 0.1) is 0 Å². The molecule has 0 aromatic rings. The Morgan fingerprint density at radius 2 is 2.33 bits per heavy atom. The van der Waals surface area contributed by atoms with Crippen LogP contribution < -0.4 is 0 Å². The summed E-state index contributed by atoms with van der Waals surface area (Å²) in [6.07, 6.45) is 3.83. The van der Waals surface area contributed by atoms with Gasteiger partial charge in [-0.1, -0.05) is 26.2 Å². The molecule has 1 aliphatic heterocycles. The highest BCUT2D eigenvalue weighted by Crippen LogP contribution is 2.26. The van der Waals surface area contributed by atoms with Crippen molar-refractivity contribution >= 4 is 6.29 Å². The molecule has 0 aromatic heterocycles. The quantitative estimate of drug-likeness (QED) is 0.368. The molecule has 0 radical (unpaired) electrons. The van der Waals surface area contributed by atoms with E-state index < -0.39 is 6.10 Å². The van der Waals surface area contributed by atoms with Crippen LogP contribution in [0.4, 0.5) is 0 Å². The highest BCUT2D eigenvalue weighted by molar-refractivity contribution is 5.60. The van der Waals surface area contributed by atoms with Gasteiger partial charge in [-0.15, -0.1) is 0 Å².